The van der Waals surface area contributed by atoms with E-state index in [0.717, 1.165) is 32.2 Å². The van der Waals surface area contributed by atoms with Gasteiger partial charge in [-0.05, 0) is 37.5 Å². The second-order valence-electron chi connectivity index (χ2n) is 7.59. The van der Waals surface area contributed by atoms with Crippen LogP contribution >= 0.6 is 0 Å². The van der Waals surface area contributed by atoms with E-state index in [1.807, 2.05) is 11.8 Å². The molecule has 0 bridgehead atoms. The van der Waals surface area contributed by atoms with Gasteiger partial charge in [-0.15, -0.1) is 0 Å². The van der Waals surface area contributed by atoms with Crippen LogP contribution in [0, 0.1) is 16.7 Å². The van der Waals surface area contributed by atoms with Gasteiger partial charge in [0, 0.05) is 19.0 Å². The normalized spacial score (nSPS) is 32.7. The molecule has 1 saturated heterocycles. The number of rotatable bonds is 3. The lowest BCUT2D eigenvalue weighted by Crippen LogP contribution is -2.53. The number of nitrogens with zero attached hydrogens (tertiary/aromatic N) is 1. The molecule has 2 fully saturated rings. The molecule has 1 aliphatic heterocycles. The first-order valence-corrected chi connectivity index (χ1v) is 8.34. The van der Waals surface area contributed by atoms with Crippen LogP contribution < -0.4 is 0 Å². The summed E-state index contributed by atoms with van der Waals surface area (Å²) in [6, 6.07) is 0. The van der Waals surface area contributed by atoms with Crippen molar-refractivity contribution in [1.29, 1.82) is 0 Å². The summed E-state index contributed by atoms with van der Waals surface area (Å²) in [5.41, 5.74) is -0.683. The number of carbonyl (C=O) groups is 2. The quantitative estimate of drug-likeness (QED) is 0.869. The van der Waals surface area contributed by atoms with Gasteiger partial charge in [0.15, 0.2) is 0 Å². The molecule has 1 amide bonds. The number of carboxylic acids is 1. The third-order valence-electron chi connectivity index (χ3n) is 5.82. The van der Waals surface area contributed by atoms with Crippen molar-refractivity contribution in [2.24, 2.45) is 16.7 Å². The third-order valence-corrected chi connectivity index (χ3v) is 5.82. The third kappa shape index (κ3) is 3.09. The molecule has 120 valence electrons. The van der Waals surface area contributed by atoms with Gasteiger partial charge < -0.3 is 10.0 Å². The van der Waals surface area contributed by atoms with Crippen LogP contribution in [0.2, 0.25) is 0 Å². The molecule has 21 heavy (non-hydrogen) atoms. The molecule has 0 aromatic rings. The molecule has 0 spiro atoms. The Labute approximate surface area is 127 Å². The van der Waals surface area contributed by atoms with E-state index in [1.54, 1.807) is 0 Å². The average Bonchev–Trinajstić information content (AvgIpc) is 2.46. The highest BCUT2D eigenvalue weighted by molar-refractivity contribution is 5.82. The Hall–Kier alpha value is -1.06. The van der Waals surface area contributed by atoms with Gasteiger partial charge in [0.1, 0.15) is 0 Å². The lowest BCUT2D eigenvalue weighted by Gasteiger charge is -2.44. The molecule has 0 aromatic carbocycles. The Bertz CT molecular complexity index is 418. The molecule has 0 radical (unpaired) electrons. The highest BCUT2D eigenvalue weighted by Crippen LogP contribution is 2.43. The molecule has 2 atom stereocenters. The Kier molecular flexibility index (Phi) is 4.64. The molecule has 0 aromatic heterocycles. The standard InChI is InChI=1S/C17H29NO3/c1-4-17(15(20)21)10-7-11-18(12-17)14(19)13-8-5-6-9-16(13,2)3/h13H,4-12H2,1-3H3,(H,20,21). The molecule has 1 aliphatic carbocycles. The molecular formula is C17H29NO3. The lowest BCUT2D eigenvalue weighted by atomic mass is 9.67. The van der Waals surface area contributed by atoms with Crippen LogP contribution in [0.15, 0.2) is 0 Å². The number of hydrogen-bond acceptors (Lipinski definition) is 2. The molecule has 4 heteroatoms. The fourth-order valence-corrected chi connectivity index (χ4v) is 4.11. The Morgan fingerprint density at radius 1 is 1.19 bits per heavy atom. The van der Waals surface area contributed by atoms with E-state index in [1.165, 1.54) is 6.42 Å². The van der Waals surface area contributed by atoms with Gasteiger partial charge in [0.25, 0.3) is 0 Å². The number of amides is 1. The van der Waals surface area contributed by atoms with Gasteiger partial charge in [-0.2, -0.15) is 0 Å². The molecule has 1 N–H and O–H groups in total. The second-order valence-corrected chi connectivity index (χ2v) is 7.59. The summed E-state index contributed by atoms with van der Waals surface area (Å²) in [6.45, 7) is 7.41. The first kappa shape index (κ1) is 16.3. The number of hydrogen-bond donors (Lipinski definition) is 1. The molecule has 2 aliphatic rings. The predicted molar refractivity (Wildman–Crippen MR) is 81.9 cm³/mol. The number of aliphatic carboxylic acids is 1. The Morgan fingerprint density at radius 3 is 2.48 bits per heavy atom. The Morgan fingerprint density at radius 2 is 1.90 bits per heavy atom. The van der Waals surface area contributed by atoms with Crippen LogP contribution in [0.25, 0.3) is 0 Å². The van der Waals surface area contributed by atoms with E-state index in [0.29, 0.717) is 19.4 Å². The van der Waals surface area contributed by atoms with E-state index in [-0.39, 0.29) is 17.2 Å². The van der Waals surface area contributed by atoms with Gasteiger partial charge in [-0.1, -0.05) is 33.6 Å². The van der Waals surface area contributed by atoms with E-state index >= 15 is 0 Å². The maximum atomic E-state index is 12.9. The summed E-state index contributed by atoms with van der Waals surface area (Å²) in [5.74, 6) is -0.489. The maximum Gasteiger partial charge on any atom is 0.311 e. The van der Waals surface area contributed by atoms with Crippen LogP contribution in [-0.4, -0.2) is 35.0 Å². The SMILES string of the molecule is CCC1(C(=O)O)CCCN(C(=O)C2CCCCC2(C)C)C1. The minimum Gasteiger partial charge on any atom is -0.481 e. The van der Waals surface area contributed by atoms with Gasteiger partial charge in [-0.3, -0.25) is 9.59 Å². The highest BCUT2D eigenvalue weighted by Gasteiger charge is 2.45. The molecule has 4 nitrogen and oxygen atoms in total. The summed E-state index contributed by atoms with van der Waals surface area (Å²) < 4.78 is 0. The number of likely N-dealkylation sites (tertiary alicyclic amines) is 1. The van der Waals surface area contributed by atoms with E-state index in [2.05, 4.69) is 13.8 Å². The van der Waals surface area contributed by atoms with Crippen molar-refractivity contribution in [2.75, 3.05) is 13.1 Å². The van der Waals surface area contributed by atoms with Crippen molar-refractivity contribution in [3.05, 3.63) is 0 Å². The van der Waals surface area contributed by atoms with Crippen LogP contribution in [0.4, 0.5) is 0 Å². The predicted octanol–water partition coefficient (Wildman–Crippen LogP) is 3.31. The molecule has 1 heterocycles. The van der Waals surface area contributed by atoms with Gasteiger partial charge in [0.2, 0.25) is 5.91 Å². The van der Waals surface area contributed by atoms with Crippen molar-refractivity contribution in [3.63, 3.8) is 0 Å². The molecule has 2 rings (SSSR count). The zero-order valence-corrected chi connectivity index (χ0v) is 13.7. The largest absolute Gasteiger partial charge is 0.481 e. The van der Waals surface area contributed by atoms with Crippen LogP contribution in [-0.2, 0) is 9.59 Å². The van der Waals surface area contributed by atoms with Crippen LogP contribution in [0.5, 0.6) is 0 Å². The fraction of sp³-hybridized carbons (Fsp3) is 0.882. The first-order valence-electron chi connectivity index (χ1n) is 8.34. The van der Waals surface area contributed by atoms with Crippen molar-refractivity contribution in [3.8, 4) is 0 Å². The maximum absolute atomic E-state index is 12.9. The van der Waals surface area contributed by atoms with Crippen molar-refractivity contribution >= 4 is 11.9 Å². The first-order chi connectivity index (χ1) is 9.82. The zero-order chi connectivity index (χ0) is 15.7. The van der Waals surface area contributed by atoms with Crippen molar-refractivity contribution in [1.82, 2.24) is 4.90 Å². The second kappa shape index (κ2) is 5.98. The van der Waals surface area contributed by atoms with Gasteiger partial charge >= 0.3 is 5.97 Å². The van der Waals surface area contributed by atoms with Crippen LogP contribution in [0.3, 0.4) is 0 Å². The van der Waals surface area contributed by atoms with Gasteiger partial charge in [-0.25, -0.2) is 0 Å². The Balaban J connectivity index is 2.13. The summed E-state index contributed by atoms with van der Waals surface area (Å²) >= 11 is 0. The molecule has 1 saturated carbocycles. The topological polar surface area (TPSA) is 57.6 Å². The highest BCUT2D eigenvalue weighted by atomic mass is 16.4. The fourth-order valence-electron chi connectivity index (χ4n) is 4.11. The summed E-state index contributed by atoms with van der Waals surface area (Å²) in [7, 11) is 0. The summed E-state index contributed by atoms with van der Waals surface area (Å²) in [5, 5.41) is 9.56. The van der Waals surface area contributed by atoms with Crippen molar-refractivity contribution in [2.45, 2.75) is 65.7 Å². The van der Waals surface area contributed by atoms with E-state index < -0.39 is 11.4 Å². The summed E-state index contributed by atoms with van der Waals surface area (Å²) in [6.07, 6.45) is 6.45. The van der Waals surface area contributed by atoms with Gasteiger partial charge in [0.05, 0.1) is 5.41 Å². The molecular weight excluding hydrogens is 266 g/mol. The van der Waals surface area contributed by atoms with Crippen molar-refractivity contribution < 1.29 is 14.7 Å². The monoisotopic (exact) mass is 295 g/mol. The number of carboxylic acid groups (broad SMARTS) is 1. The minimum absolute atomic E-state index is 0.0465. The average molecular weight is 295 g/mol. The minimum atomic E-state index is -0.745. The lowest BCUT2D eigenvalue weighted by molar-refractivity contribution is -0.157. The zero-order valence-electron chi connectivity index (χ0n) is 13.7. The number of piperidine rings is 1. The van der Waals surface area contributed by atoms with E-state index in [4.69, 9.17) is 0 Å². The molecule has 2 unspecified atom stereocenters. The summed E-state index contributed by atoms with van der Waals surface area (Å²) in [4.78, 5) is 26.4. The smallest absolute Gasteiger partial charge is 0.311 e. The van der Waals surface area contributed by atoms with E-state index in [9.17, 15) is 14.7 Å². The van der Waals surface area contributed by atoms with Crippen LogP contribution in [0.1, 0.15) is 65.7 Å². The number of carbonyl (C=O) groups excluding carboxylic acids is 1.